The maximum Gasteiger partial charge on any atom is -0.0102 e. The lowest BCUT2D eigenvalue weighted by Gasteiger charge is -1.71. The molecule has 0 heterocycles. The van der Waals surface area contributed by atoms with Gasteiger partial charge in [0.25, 0.3) is 0 Å². The lowest BCUT2D eigenvalue weighted by Crippen LogP contribution is -1.54. The second-order valence-electron chi connectivity index (χ2n) is 2.23. The molecule has 0 radical (unpaired) electrons. The highest BCUT2D eigenvalue weighted by molar-refractivity contribution is 5.34. The molecule has 0 aromatic carbocycles. The van der Waals surface area contributed by atoms with Gasteiger partial charge in [-0.15, -0.1) is 0 Å². The number of allylic oxidation sites excluding steroid dienone is 6. The first-order valence-electron chi connectivity index (χ1n) is 4.35. The molecule has 0 N–H and O–H groups in total. The first kappa shape index (κ1) is 11.3. The minimum atomic E-state index is 1.05. The van der Waals surface area contributed by atoms with Crippen molar-refractivity contribution >= 4 is 0 Å². The summed E-state index contributed by atoms with van der Waals surface area (Å²) < 4.78 is 0. The van der Waals surface area contributed by atoms with Crippen molar-refractivity contribution < 1.29 is 0 Å². The van der Waals surface area contributed by atoms with Gasteiger partial charge < -0.3 is 0 Å². The molecule has 0 aromatic rings. The van der Waals surface area contributed by atoms with Crippen LogP contribution in [-0.2, 0) is 0 Å². The van der Waals surface area contributed by atoms with E-state index < -0.39 is 0 Å². The lowest BCUT2D eigenvalue weighted by atomic mass is 10.4. The number of hydrogen-bond acceptors (Lipinski definition) is 0. The van der Waals surface area contributed by atoms with E-state index in [4.69, 9.17) is 0 Å². The normalized spacial score (nSPS) is 10.0. The third kappa shape index (κ3) is 10.3. The van der Waals surface area contributed by atoms with E-state index in [1.165, 1.54) is 0 Å². The largest absolute Gasteiger partial charge is 0.0848 e. The standard InChI is InChI=1S/C13H14/c1-3-5-7-9-11-13-12-10-8-6-4-2/h3,5-6,8,10,12H,4H2,1-2H3/b5-3-,8-6+,12-10-. The van der Waals surface area contributed by atoms with Gasteiger partial charge in [0, 0.05) is 0 Å². The molecule has 0 nitrogen and oxygen atoms in total. The monoisotopic (exact) mass is 170 g/mol. The molecule has 0 rings (SSSR count). The van der Waals surface area contributed by atoms with E-state index in [-0.39, 0.29) is 0 Å². The van der Waals surface area contributed by atoms with Gasteiger partial charge in [0.15, 0.2) is 0 Å². The van der Waals surface area contributed by atoms with Gasteiger partial charge in [-0.2, -0.15) is 0 Å². The van der Waals surface area contributed by atoms with Crippen molar-refractivity contribution in [1.82, 2.24) is 0 Å². The summed E-state index contributed by atoms with van der Waals surface area (Å²) in [6, 6.07) is 0. The van der Waals surface area contributed by atoms with Gasteiger partial charge in [-0.3, -0.25) is 0 Å². The van der Waals surface area contributed by atoms with Crippen LogP contribution in [0.2, 0.25) is 0 Å². The van der Waals surface area contributed by atoms with E-state index in [0.29, 0.717) is 0 Å². The third-order valence-corrected chi connectivity index (χ3v) is 1.12. The summed E-state index contributed by atoms with van der Waals surface area (Å²) in [5.41, 5.74) is 0. The van der Waals surface area contributed by atoms with Crippen LogP contribution >= 0.6 is 0 Å². The van der Waals surface area contributed by atoms with Crippen LogP contribution in [0, 0.1) is 23.7 Å². The quantitative estimate of drug-likeness (QED) is 0.441. The Hall–Kier alpha value is -1.66. The van der Waals surface area contributed by atoms with E-state index in [9.17, 15) is 0 Å². The Bertz CT molecular complexity index is 305. The van der Waals surface area contributed by atoms with Gasteiger partial charge in [-0.25, -0.2) is 0 Å². The molecule has 0 heteroatoms. The number of rotatable bonds is 2. The average molecular weight is 170 g/mol. The fourth-order valence-corrected chi connectivity index (χ4v) is 0.557. The molecule has 13 heavy (non-hydrogen) atoms. The summed E-state index contributed by atoms with van der Waals surface area (Å²) in [6.45, 7) is 4.02. The van der Waals surface area contributed by atoms with Crippen molar-refractivity contribution in [3.8, 4) is 23.7 Å². The van der Waals surface area contributed by atoms with Crippen LogP contribution in [0.3, 0.4) is 0 Å². The van der Waals surface area contributed by atoms with E-state index in [2.05, 4.69) is 36.7 Å². The highest BCUT2D eigenvalue weighted by atomic mass is 13.7. The smallest absolute Gasteiger partial charge is 0.0102 e. The van der Waals surface area contributed by atoms with Gasteiger partial charge in [-0.05, 0) is 37.3 Å². The Morgan fingerprint density at radius 3 is 2.31 bits per heavy atom. The molecule has 0 amide bonds. The highest BCUT2D eigenvalue weighted by Gasteiger charge is 1.61. The minimum Gasteiger partial charge on any atom is -0.0848 e. The van der Waals surface area contributed by atoms with Crippen molar-refractivity contribution in [2.75, 3.05) is 0 Å². The second kappa shape index (κ2) is 10.3. The molecular formula is C13H14. The van der Waals surface area contributed by atoms with Crippen molar-refractivity contribution in [1.29, 1.82) is 0 Å². The maximum atomic E-state index is 2.81. The number of hydrogen-bond donors (Lipinski definition) is 0. The summed E-state index contributed by atoms with van der Waals surface area (Å²) >= 11 is 0. The molecule has 0 bridgehead atoms. The van der Waals surface area contributed by atoms with Crippen LogP contribution in [0.4, 0.5) is 0 Å². The van der Waals surface area contributed by atoms with Crippen LogP contribution in [0.5, 0.6) is 0 Å². The SMILES string of the molecule is C/C=C\C#CC#C/C=C\C=C\CC. The predicted molar refractivity (Wildman–Crippen MR) is 58.9 cm³/mol. The minimum absolute atomic E-state index is 1.05. The molecule has 0 aliphatic heterocycles. The summed E-state index contributed by atoms with van der Waals surface area (Å²) in [5.74, 6) is 11.0. The molecule has 0 fully saturated rings. The lowest BCUT2D eigenvalue weighted by molar-refractivity contribution is 1.22. The van der Waals surface area contributed by atoms with Gasteiger partial charge >= 0.3 is 0 Å². The molecular weight excluding hydrogens is 156 g/mol. The molecule has 0 aliphatic rings. The summed E-state index contributed by atoms with van der Waals surface area (Å²) in [5, 5.41) is 0. The van der Waals surface area contributed by atoms with Gasteiger partial charge in [-0.1, -0.05) is 43.1 Å². The molecule has 0 spiro atoms. The van der Waals surface area contributed by atoms with Crippen LogP contribution in [0.25, 0.3) is 0 Å². The van der Waals surface area contributed by atoms with Crippen LogP contribution in [0.15, 0.2) is 36.5 Å². The predicted octanol–water partition coefficient (Wildman–Crippen LogP) is 3.09. The Labute approximate surface area is 81.0 Å². The molecule has 0 aromatic heterocycles. The molecule has 0 saturated heterocycles. The van der Waals surface area contributed by atoms with Crippen molar-refractivity contribution in [2.24, 2.45) is 0 Å². The van der Waals surface area contributed by atoms with E-state index in [0.717, 1.165) is 6.42 Å². The summed E-state index contributed by atoms with van der Waals surface area (Å²) in [6.07, 6.45) is 12.5. The molecule has 0 unspecified atom stereocenters. The topological polar surface area (TPSA) is 0 Å². The Morgan fingerprint density at radius 2 is 1.69 bits per heavy atom. The summed E-state index contributed by atoms with van der Waals surface area (Å²) in [7, 11) is 0. The molecule has 0 aliphatic carbocycles. The van der Waals surface area contributed by atoms with Crippen molar-refractivity contribution in [3.05, 3.63) is 36.5 Å². The van der Waals surface area contributed by atoms with E-state index >= 15 is 0 Å². The zero-order valence-electron chi connectivity index (χ0n) is 8.17. The molecule has 0 atom stereocenters. The van der Waals surface area contributed by atoms with Crippen LogP contribution in [0.1, 0.15) is 20.3 Å². The zero-order valence-corrected chi connectivity index (χ0v) is 8.17. The van der Waals surface area contributed by atoms with Crippen molar-refractivity contribution in [2.45, 2.75) is 20.3 Å². The Morgan fingerprint density at radius 1 is 1.00 bits per heavy atom. The second-order valence-corrected chi connectivity index (χ2v) is 2.23. The van der Waals surface area contributed by atoms with Gasteiger partial charge in [0.1, 0.15) is 0 Å². The van der Waals surface area contributed by atoms with E-state index in [1.54, 1.807) is 12.2 Å². The molecule has 66 valence electrons. The first-order chi connectivity index (χ1) is 6.41. The van der Waals surface area contributed by atoms with Crippen molar-refractivity contribution in [3.63, 3.8) is 0 Å². The molecule has 0 saturated carbocycles. The van der Waals surface area contributed by atoms with Crippen LogP contribution in [-0.4, -0.2) is 0 Å². The van der Waals surface area contributed by atoms with Crippen LogP contribution < -0.4 is 0 Å². The van der Waals surface area contributed by atoms with Gasteiger partial charge in [0.05, 0.1) is 0 Å². The van der Waals surface area contributed by atoms with E-state index in [1.807, 2.05) is 25.2 Å². The fraction of sp³-hybridized carbons (Fsp3) is 0.231. The highest BCUT2D eigenvalue weighted by Crippen LogP contribution is 1.80. The van der Waals surface area contributed by atoms with Gasteiger partial charge in [0.2, 0.25) is 0 Å². The third-order valence-electron chi connectivity index (χ3n) is 1.12. The average Bonchev–Trinajstić information content (AvgIpc) is 2.16. The Balaban J connectivity index is 3.81. The summed E-state index contributed by atoms with van der Waals surface area (Å²) in [4.78, 5) is 0. The first-order valence-corrected chi connectivity index (χ1v) is 4.35. The fourth-order valence-electron chi connectivity index (χ4n) is 0.557. The Kier molecular flexibility index (Phi) is 9.02. The maximum absolute atomic E-state index is 2.81. The zero-order chi connectivity index (χ0) is 9.78.